The van der Waals surface area contributed by atoms with Crippen LogP contribution in [0.1, 0.15) is 29.4 Å². The number of amides is 1. The standard InChI is InChI=1S/C20H22ClNO6/c1-26-12-15-10-17(23)19(25)20(28-15)16(13-3-2-4-14(21)9-13)11-18(24)22-5-7-27-8-6-22/h2-4,9-10,16,25H,5-8,11-12H2,1H3. The number of nitrogens with zero attached hydrogens (tertiary/aromatic N) is 1. The number of methoxy groups -OCH3 is 1. The summed E-state index contributed by atoms with van der Waals surface area (Å²) in [6, 6.07) is 8.12. The van der Waals surface area contributed by atoms with Gasteiger partial charge in [0.05, 0.1) is 19.1 Å². The third-order valence-electron chi connectivity index (χ3n) is 4.60. The van der Waals surface area contributed by atoms with Gasteiger partial charge in [0.2, 0.25) is 17.1 Å². The molecule has 1 amide bonds. The van der Waals surface area contributed by atoms with Gasteiger partial charge in [-0.25, -0.2) is 0 Å². The zero-order chi connectivity index (χ0) is 20.1. The Morgan fingerprint density at radius 2 is 2.07 bits per heavy atom. The summed E-state index contributed by atoms with van der Waals surface area (Å²) < 4.78 is 16.1. The Labute approximate surface area is 167 Å². The molecule has 0 radical (unpaired) electrons. The van der Waals surface area contributed by atoms with Crippen LogP contribution in [0.5, 0.6) is 5.75 Å². The van der Waals surface area contributed by atoms with Gasteiger partial charge in [-0.15, -0.1) is 0 Å². The molecule has 1 aliphatic heterocycles. The molecule has 150 valence electrons. The lowest BCUT2D eigenvalue weighted by atomic mass is 9.91. The van der Waals surface area contributed by atoms with E-state index in [0.717, 1.165) is 0 Å². The maximum atomic E-state index is 12.9. The van der Waals surface area contributed by atoms with Crippen molar-refractivity contribution in [1.29, 1.82) is 0 Å². The minimum absolute atomic E-state index is 0.0211. The second kappa shape index (κ2) is 9.23. The molecule has 3 rings (SSSR count). The van der Waals surface area contributed by atoms with Crippen LogP contribution in [0.2, 0.25) is 5.02 Å². The smallest absolute Gasteiger partial charge is 0.227 e. The molecule has 1 aromatic heterocycles. The summed E-state index contributed by atoms with van der Waals surface area (Å²) in [5, 5.41) is 10.9. The molecule has 0 aliphatic carbocycles. The maximum absolute atomic E-state index is 12.9. The fourth-order valence-corrected chi connectivity index (χ4v) is 3.41. The van der Waals surface area contributed by atoms with Gasteiger partial charge < -0.3 is 23.9 Å². The van der Waals surface area contributed by atoms with E-state index in [9.17, 15) is 14.7 Å². The monoisotopic (exact) mass is 407 g/mol. The zero-order valence-electron chi connectivity index (χ0n) is 15.5. The van der Waals surface area contributed by atoms with Gasteiger partial charge in [-0.3, -0.25) is 9.59 Å². The first-order valence-corrected chi connectivity index (χ1v) is 9.33. The molecular formula is C20H22ClNO6. The van der Waals surface area contributed by atoms with Crippen LogP contribution in [0.25, 0.3) is 0 Å². The molecule has 1 aromatic carbocycles. The number of hydrogen-bond acceptors (Lipinski definition) is 6. The normalized spacial score (nSPS) is 15.4. The number of morpholine rings is 1. The largest absolute Gasteiger partial charge is 0.502 e. The second-order valence-corrected chi connectivity index (χ2v) is 6.96. The summed E-state index contributed by atoms with van der Waals surface area (Å²) >= 11 is 6.13. The van der Waals surface area contributed by atoms with E-state index in [-0.39, 0.29) is 30.5 Å². The number of benzene rings is 1. The Kier molecular flexibility index (Phi) is 6.72. The van der Waals surface area contributed by atoms with Crippen molar-refractivity contribution in [3.8, 4) is 5.75 Å². The molecule has 7 nitrogen and oxygen atoms in total. The minimum Gasteiger partial charge on any atom is -0.502 e. The molecule has 1 fully saturated rings. The molecule has 1 atom stereocenters. The average Bonchev–Trinajstić information content (AvgIpc) is 2.69. The zero-order valence-corrected chi connectivity index (χ0v) is 16.3. The highest BCUT2D eigenvalue weighted by Crippen LogP contribution is 2.34. The fraction of sp³-hybridized carbons (Fsp3) is 0.400. The number of hydrogen-bond donors (Lipinski definition) is 1. The van der Waals surface area contributed by atoms with Crippen molar-refractivity contribution in [3.63, 3.8) is 0 Å². The van der Waals surface area contributed by atoms with E-state index in [0.29, 0.717) is 36.9 Å². The van der Waals surface area contributed by atoms with Gasteiger partial charge in [-0.1, -0.05) is 23.7 Å². The molecule has 2 heterocycles. The Bertz CT molecular complexity index is 891. The molecule has 1 aliphatic rings. The molecule has 0 spiro atoms. The number of carbonyl (C=O) groups excluding carboxylic acids is 1. The molecule has 1 N–H and O–H groups in total. The van der Waals surface area contributed by atoms with Gasteiger partial charge in [0.15, 0.2) is 5.76 Å². The Balaban J connectivity index is 2.01. The maximum Gasteiger partial charge on any atom is 0.227 e. The second-order valence-electron chi connectivity index (χ2n) is 6.53. The summed E-state index contributed by atoms with van der Waals surface area (Å²) in [7, 11) is 1.48. The van der Waals surface area contributed by atoms with E-state index < -0.39 is 17.1 Å². The topological polar surface area (TPSA) is 89.2 Å². The van der Waals surface area contributed by atoms with Crippen LogP contribution < -0.4 is 5.43 Å². The molecule has 2 aromatic rings. The summed E-state index contributed by atoms with van der Waals surface area (Å²) in [5.41, 5.74) is 0.0845. The first kappa shape index (κ1) is 20.4. The van der Waals surface area contributed by atoms with E-state index in [1.807, 2.05) is 0 Å². The molecule has 0 saturated carbocycles. The predicted molar refractivity (Wildman–Crippen MR) is 103 cm³/mol. The molecule has 0 bridgehead atoms. The van der Waals surface area contributed by atoms with Crippen molar-refractivity contribution in [3.05, 3.63) is 62.7 Å². The quantitative estimate of drug-likeness (QED) is 0.791. The van der Waals surface area contributed by atoms with E-state index in [2.05, 4.69) is 0 Å². The van der Waals surface area contributed by atoms with Crippen LogP contribution in [-0.2, 0) is 20.9 Å². The SMILES string of the molecule is COCc1cc(=O)c(O)c(C(CC(=O)N2CCOCC2)c2cccc(Cl)c2)o1. The summed E-state index contributed by atoms with van der Waals surface area (Å²) in [5.74, 6) is -1.000. The first-order chi connectivity index (χ1) is 13.5. The summed E-state index contributed by atoms with van der Waals surface area (Å²) in [6.07, 6.45) is 0.0211. The Morgan fingerprint density at radius 1 is 1.32 bits per heavy atom. The van der Waals surface area contributed by atoms with Crippen molar-refractivity contribution in [1.82, 2.24) is 4.90 Å². The molecule has 1 unspecified atom stereocenters. The van der Waals surface area contributed by atoms with Crippen molar-refractivity contribution in [2.24, 2.45) is 0 Å². The van der Waals surface area contributed by atoms with E-state index in [1.54, 1.807) is 29.2 Å². The van der Waals surface area contributed by atoms with Crippen molar-refractivity contribution in [2.45, 2.75) is 18.9 Å². The van der Waals surface area contributed by atoms with Crippen molar-refractivity contribution < 1.29 is 23.8 Å². The molecule has 8 heteroatoms. The number of ether oxygens (including phenoxy) is 2. The number of rotatable bonds is 6. The van der Waals surface area contributed by atoms with Gasteiger partial charge in [0, 0.05) is 37.7 Å². The third kappa shape index (κ3) is 4.73. The predicted octanol–water partition coefficient (Wildman–Crippen LogP) is 2.53. The van der Waals surface area contributed by atoms with Crippen LogP contribution in [0.15, 0.2) is 39.5 Å². The van der Waals surface area contributed by atoms with Crippen molar-refractivity contribution >= 4 is 17.5 Å². The lowest BCUT2D eigenvalue weighted by Crippen LogP contribution is -2.41. The van der Waals surface area contributed by atoms with E-state index >= 15 is 0 Å². The van der Waals surface area contributed by atoms with Crippen LogP contribution >= 0.6 is 11.6 Å². The summed E-state index contributed by atoms with van der Waals surface area (Å²) in [6.45, 7) is 2.04. The number of aromatic hydroxyl groups is 1. The van der Waals surface area contributed by atoms with Gasteiger partial charge in [0.1, 0.15) is 12.4 Å². The Morgan fingerprint density at radius 3 is 2.75 bits per heavy atom. The highest BCUT2D eigenvalue weighted by atomic mass is 35.5. The van der Waals surface area contributed by atoms with Gasteiger partial charge >= 0.3 is 0 Å². The van der Waals surface area contributed by atoms with Gasteiger partial charge in [-0.05, 0) is 17.7 Å². The van der Waals surface area contributed by atoms with Crippen LogP contribution in [0, 0.1) is 0 Å². The lowest BCUT2D eigenvalue weighted by Gasteiger charge is -2.28. The van der Waals surface area contributed by atoms with Crippen LogP contribution in [-0.4, -0.2) is 49.3 Å². The number of halogens is 1. The minimum atomic E-state index is -0.668. The van der Waals surface area contributed by atoms with Crippen LogP contribution in [0.3, 0.4) is 0 Å². The molecule has 28 heavy (non-hydrogen) atoms. The van der Waals surface area contributed by atoms with Gasteiger partial charge in [0.25, 0.3) is 0 Å². The molecule has 1 saturated heterocycles. The first-order valence-electron chi connectivity index (χ1n) is 8.95. The van der Waals surface area contributed by atoms with Crippen LogP contribution in [0.4, 0.5) is 0 Å². The summed E-state index contributed by atoms with van der Waals surface area (Å²) in [4.78, 5) is 26.8. The number of carbonyl (C=O) groups is 1. The Hall–Kier alpha value is -2.35. The van der Waals surface area contributed by atoms with E-state index in [1.165, 1.54) is 13.2 Å². The van der Waals surface area contributed by atoms with Crippen molar-refractivity contribution in [2.75, 3.05) is 33.4 Å². The molecular weight excluding hydrogens is 386 g/mol. The van der Waals surface area contributed by atoms with E-state index in [4.69, 9.17) is 25.5 Å². The fourth-order valence-electron chi connectivity index (χ4n) is 3.21. The highest BCUT2D eigenvalue weighted by molar-refractivity contribution is 6.30. The van der Waals surface area contributed by atoms with Gasteiger partial charge in [-0.2, -0.15) is 0 Å². The third-order valence-corrected chi connectivity index (χ3v) is 4.83. The average molecular weight is 408 g/mol. The lowest BCUT2D eigenvalue weighted by molar-refractivity contribution is -0.135. The highest BCUT2D eigenvalue weighted by Gasteiger charge is 2.29.